The minimum Gasteiger partial charge on any atom is -0.455 e. The highest BCUT2D eigenvalue weighted by Crippen LogP contribution is 2.43. The molecule has 0 aliphatic heterocycles. The first-order valence-corrected chi connectivity index (χ1v) is 17.6. The topological polar surface area (TPSA) is 13.1 Å². The molecule has 0 unspecified atom stereocenters. The molecule has 1 aromatic heterocycles. The summed E-state index contributed by atoms with van der Waals surface area (Å²) < 4.78 is 6.78. The van der Waals surface area contributed by atoms with E-state index < -0.39 is 0 Å². The van der Waals surface area contributed by atoms with Gasteiger partial charge in [0.15, 0.2) is 0 Å². The summed E-state index contributed by atoms with van der Waals surface area (Å²) >= 11 is 0. The maximum atomic E-state index is 6.78. The van der Waals surface area contributed by atoms with E-state index in [2.05, 4.69) is 182 Å². The summed E-state index contributed by atoms with van der Waals surface area (Å²) in [5.41, 5.74) is 11.4. The van der Waals surface area contributed by atoms with Gasteiger partial charge in [-0.2, -0.15) is 0 Å². The van der Waals surface area contributed by atoms with Crippen LogP contribution in [0.1, 0.15) is 0 Å². The van der Waals surface area contributed by atoms with Gasteiger partial charge in [-0.05, 0) is 113 Å². The Hall–Kier alpha value is -6.70. The van der Waals surface area contributed by atoms with Crippen LogP contribution in [0.25, 0.3) is 110 Å². The Bertz CT molecular complexity index is 3050. The van der Waals surface area contributed by atoms with Crippen molar-refractivity contribution in [3.05, 3.63) is 182 Å². The number of hydrogen-bond acceptors (Lipinski definition) is 1. The Balaban J connectivity index is 1.02. The van der Waals surface area contributed by atoms with Crippen LogP contribution >= 0.6 is 0 Å². The summed E-state index contributed by atoms with van der Waals surface area (Å²) in [5, 5.41) is 12.4. The lowest BCUT2D eigenvalue weighted by atomic mass is 9.89. The molecule has 0 saturated heterocycles. The first-order valence-electron chi connectivity index (χ1n) is 17.6. The molecule has 10 aromatic carbocycles. The van der Waals surface area contributed by atoms with Crippen molar-refractivity contribution in [1.29, 1.82) is 0 Å². The molecule has 11 rings (SSSR count). The second kappa shape index (κ2) is 10.9. The van der Waals surface area contributed by atoms with Crippen molar-refractivity contribution in [3.8, 4) is 44.5 Å². The Morgan fingerprint density at radius 1 is 0.255 bits per heavy atom. The van der Waals surface area contributed by atoms with Gasteiger partial charge in [-0.1, -0.05) is 146 Å². The Morgan fingerprint density at radius 2 is 0.667 bits per heavy atom. The number of furan rings is 1. The molecule has 0 fully saturated rings. The maximum Gasteiger partial charge on any atom is 0.143 e. The van der Waals surface area contributed by atoms with E-state index in [-0.39, 0.29) is 0 Å². The molecular formula is C50H30O. The fraction of sp³-hybridized carbons (Fsp3) is 0. The molecule has 11 aromatic rings. The summed E-state index contributed by atoms with van der Waals surface area (Å²) in [4.78, 5) is 0. The van der Waals surface area contributed by atoms with Gasteiger partial charge in [0.1, 0.15) is 11.2 Å². The van der Waals surface area contributed by atoms with E-state index in [1.165, 1.54) is 70.9 Å². The standard InChI is InChI=1S/C50H30O/c1-3-9-31(10-4-1)33-17-18-35-26-36(20-19-34(35)25-33)41-27-37-21-23-39-29-42(30-40-24-22-38(28-41)47(37)48(39)40)44-14-8-16-46-45-15-7-13-43(49(45)51-50(44)46)32-11-5-2-6-12-32/h1-30H. The Labute approximate surface area is 295 Å². The minimum absolute atomic E-state index is 0.931. The first-order chi connectivity index (χ1) is 25.2. The van der Waals surface area contributed by atoms with Crippen LogP contribution in [0.5, 0.6) is 0 Å². The fourth-order valence-electron chi connectivity index (χ4n) is 8.29. The van der Waals surface area contributed by atoms with Gasteiger partial charge in [0, 0.05) is 21.9 Å². The highest BCUT2D eigenvalue weighted by molar-refractivity contribution is 6.25. The zero-order valence-corrected chi connectivity index (χ0v) is 27.7. The van der Waals surface area contributed by atoms with Crippen LogP contribution in [-0.4, -0.2) is 0 Å². The average Bonchev–Trinajstić information content (AvgIpc) is 3.59. The largest absolute Gasteiger partial charge is 0.455 e. The third-order valence-electron chi connectivity index (χ3n) is 10.7. The molecule has 0 amide bonds. The minimum atomic E-state index is 0.931. The molecule has 0 atom stereocenters. The van der Waals surface area contributed by atoms with Gasteiger partial charge in [0.25, 0.3) is 0 Å². The van der Waals surface area contributed by atoms with E-state index in [1.54, 1.807) is 0 Å². The summed E-state index contributed by atoms with van der Waals surface area (Å²) in [6.45, 7) is 0. The summed E-state index contributed by atoms with van der Waals surface area (Å²) in [6, 6.07) is 66.2. The Morgan fingerprint density at radius 3 is 1.20 bits per heavy atom. The SMILES string of the molecule is c1ccc(-c2ccc3cc(-c4cc5ccc6cc(-c7cccc8c7oc7c(-c9ccccc9)cccc78)cc7ccc(c4)c5c67)ccc3c2)cc1. The number of rotatable bonds is 4. The van der Waals surface area contributed by atoms with Crippen molar-refractivity contribution in [2.24, 2.45) is 0 Å². The van der Waals surface area contributed by atoms with Crippen LogP contribution in [0.4, 0.5) is 0 Å². The third kappa shape index (κ3) is 4.42. The van der Waals surface area contributed by atoms with Gasteiger partial charge in [0.2, 0.25) is 0 Å². The van der Waals surface area contributed by atoms with Crippen molar-refractivity contribution < 1.29 is 4.42 Å². The van der Waals surface area contributed by atoms with Gasteiger partial charge in [-0.3, -0.25) is 0 Å². The van der Waals surface area contributed by atoms with Crippen LogP contribution in [-0.2, 0) is 0 Å². The van der Waals surface area contributed by atoms with Crippen LogP contribution in [0, 0.1) is 0 Å². The zero-order chi connectivity index (χ0) is 33.5. The maximum absolute atomic E-state index is 6.78. The lowest BCUT2D eigenvalue weighted by Crippen LogP contribution is -1.88. The lowest BCUT2D eigenvalue weighted by Gasteiger charge is -2.15. The van der Waals surface area contributed by atoms with E-state index in [0.717, 1.165) is 38.6 Å². The van der Waals surface area contributed by atoms with E-state index in [9.17, 15) is 0 Å². The fourth-order valence-corrected chi connectivity index (χ4v) is 8.29. The number of fused-ring (bicyclic) bond motifs is 4. The van der Waals surface area contributed by atoms with Crippen molar-refractivity contribution in [2.75, 3.05) is 0 Å². The monoisotopic (exact) mass is 646 g/mol. The molecule has 1 heteroatoms. The molecule has 0 aliphatic rings. The molecule has 0 N–H and O–H groups in total. The zero-order valence-electron chi connectivity index (χ0n) is 27.7. The molecule has 0 saturated carbocycles. The second-order valence-electron chi connectivity index (χ2n) is 13.7. The molecular weight excluding hydrogens is 617 g/mol. The number of hydrogen-bond donors (Lipinski definition) is 0. The summed E-state index contributed by atoms with van der Waals surface area (Å²) in [7, 11) is 0. The smallest absolute Gasteiger partial charge is 0.143 e. The number of para-hydroxylation sites is 2. The normalized spacial score (nSPS) is 11.9. The van der Waals surface area contributed by atoms with Gasteiger partial charge >= 0.3 is 0 Å². The van der Waals surface area contributed by atoms with Crippen molar-refractivity contribution in [2.45, 2.75) is 0 Å². The van der Waals surface area contributed by atoms with E-state index in [0.29, 0.717) is 0 Å². The van der Waals surface area contributed by atoms with Crippen LogP contribution in [0.3, 0.4) is 0 Å². The van der Waals surface area contributed by atoms with Crippen molar-refractivity contribution >= 4 is 65.0 Å². The predicted octanol–water partition coefficient (Wildman–Crippen LogP) is 14.3. The molecule has 0 aliphatic carbocycles. The average molecular weight is 647 g/mol. The van der Waals surface area contributed by atoms with Gasteiger partial charge in [0.05, 0.1) is 0 Å². The van der Waals surface area contributed by atoms with Gasteiger partial charge < -0.3 is 4.42 Å². The molecule has 0 bridgehead atoms. The van der Waals surface area contributed by atoms with Crippen LogP contribution < -0.4 is 0 Å². The quantitative estimate of drug-likeness (QED) is 0.173. The van der Waals surface area contributed by atoms with E-state index in [1.807, 2.05) is 0 Å². The summed E-state index contributed by atoms with van der Waals surface area (Å²) in [5.74, 6) is 0. The lowest BCUT2D eigenvalue weighted by molar-refractivity contribution is 0.671. The highest BCUT2D eigenvalue weighted by atomic mass is 16.3. The Kier molecular flexibility index (Phi) is 6.02. The van der Waals surface area contributed by atoms with Crippen molar-refractivity contribution in [3.63, 3.8) is 0 Å². The van der Waals surface area contributed by atoms with E-state index in [4.69, 9.17) is 4.42 Å². The van der Waals surface area contributed by atoms with Crippen molar-refractivity contribution in [1.82, 2.24) is 0 Å². The predicted molar refractivity (Wildman–Crippen MR) is 217 cm³/mol. The van der Waals surface area contributed by atoms with Gasteiger partial charge in [-0.15, -0.1) is 0 Å². The molecule has 0 radical (unpaired) electrons. The van der Waals surface area contributed by atoms with Gasteiger partial charge in [-0.25, -0.2) is 0 Å². The molecule has 236 valence electrons. The third-order valence-corrected chi connectivity index (χ3v) is 10.7. The van der Waals surface area contributed by atoms with Crippen LogP contribution in [0.15, 0.2) is 186 Å². The first kappa shape index (κ1) is 28.2. The number of benzene rings is 10. The summed E-state index contributed by atoms with van der Waals surface area (Å²) in [6.07, 6.45) is 0. The molecule has 1 heterocycles. The second-order valence-corrected chi connectivity index (χ2v) is 13.7. The van der Waals surface area contributed by atoms with Crippen LogP contribution in [0.2, 0.25) is 0 Å². The molecule has 1 nitrogen and oxygen atoms in total. The molecule has 0 spiro atoms. The molecule has 51 heavy (non-hydrogen) atoms. The van der Waals surface area contributed by atoms with E-state index >= 15 is 0 Å². The highest BCUT2D eigenvalue weighted by Gasteiger charge is 2.18.